The van der Waals surface area contributed by atoms with Crippen LogP contribution in [0.15, 0.2) is 48.5 Å². The molecule has 0 fully saturated rings. The highest BCUT2D eigenvalue weighted by Gasteiger charge is 2.21. The van der Waals surface area contributed by atoms with E-state index in [1.807, 2.05) is 45.0 Å². The van der Waals surface area contributed by atoms with Gasteiger partial charge in [-0.1, -0.05) is 58.9 Å². The third kappa shape index (κ3) is 6.13. The molecule has 0 aliphatic rings. The first kappa shape index (κ1) is 20.5. The molecule has 0 aromatic heterocycles. The zero-order chi connectivity index (χ0) is 20.0. The Morgan fingerprint density at radius 1 is 0.963 bits per heavy atom. The molecular weight excluding hydrogens is 340 g/mol. The van der Waals surface area contributed by atoms with Crippen LogP contribution in [0.3, 0.4) is 0 Å². The number of ether oxygens (including phenoxy) is 1. The molecule has 2 N–H and O–H groups in total. The minimum Gasteiger partial charge on any atom is -0.483 e. The Hall–Kier alpha value is -2.82. The Labute approximate surface area is 161 Å². The van der Waals surface area contributed by atoms with Gasteiger partial charge in [0.05, 0.1) is 0 Å². The van der Waals surface area contributed by atoms with Crippen LogP contribution in [-0.2, 0) is 9.59 Å². The molecule has 2 aromatic carbocycles. The number of hydrogen-bond donors (Lipinski definition) is 2. The van der Waals surface area contributed by atoms with Crippen molar-refractivity contribution >= 4 is 23.2 Å². The molecule has 2 aromatic rings. The van der Waals surface area contributed by atoms with Gasteiger partial charge in [0.1, 0.15) is 5.75 Å². The number of amides is 2. The average Bonchev–Trinajstić information content (AvgIpc) is 2.59. The summed E-state index contributed by atoms with van der Waals surface area (Å²) in [5, 5.41) is 5.65. The number of hydrogen-bond acceptors (Lipinski definition) is 3. The van der Waals surface area contributed by atoms with Crippen molar-refractivity contribution in [2.24, 2.45) is 5.41 Å². The summed E-state index contributed by atoms with van der Waals surface area (Å²) in [6.07, 6.45) is 0. The van der Waals surface area contributed by atoms with Gasteiger partial charge in [0, 0.05) is 16.8 Å². The van der Waals surface area contributed by atoms with Crippen LogP contribution in [0, 0.1) is 5.41 Å². The maximum absolute atomic E-state index is 12.2. The molecule has 2 rings (SSSR count). The van der Waals surface area contributed by atoms with Crippen LogP contribution in [0.25, 0.3) is 0 Å². The molecule has 0 radical (unpaired) electrons. The van der Waals surface area contributed by atoms with E-state index in [4.69, 9.17) is 4.74 Å². The molecule has 0 atom stereocenters. The van der Waals surface area contributed by atoms with E-state index in [1.165, 1.54) is 0 Å². The molecule has 0 spiro atoms. The van der Waals surface area contributed by atoms with E-state index >= 15 is 0 Å². The number of para-hydroxylation sites is 1. The first-order chi connectivity index (χ1) is 12.7. The third-order valence-corrected chi connectivity index (χ3v) is 3.99. The van der Waals surface area contributed by atoms with E-state index in [9.17, 15) is 9.59 Å². The number of anilines is 2. The predicted octanol–water partition coefficient (Wildman–Crippen LogP) is 4.81. The molecule has 144 valence electrons. The van der Waals surface area contributed by atoms with E-state index in [2.05, 4.69) is 24.5 Å². The van der Waals surface area contributed by atoms with Crippen molar-refractivity contribution in [3.63, 3.8) is 0 Å². The fraction of sp³-hybridized carbons (Fsp3) is 0.364. The van der Waals surface area contributed by atoms with Crippen LogP contribution >= 0.6 is 0 Å². The smallest absolute Gasteiger partial charge is 0.262 e. The largest absolute Gasteiger partial charge is 0.483 e. The summed E-state index contributed by atoms with van der Waals surface area (Å²) >= 11 is 0. The first-order valence-electron chi connectivity index (χ1n) is 9.10. The monoisotopic (exact) mass is 368 g/mol. The lowest BCUT2D eigenvalue weighted by Crippen LogP contribution is -2.27. The molecule has 0 bridgehead atoms. The summed E-state index contributed by atoms with van der Waals surface area (Å²) < 4.78 is 5.69. The van der Waals surface area contributed by atoms with Crippen molar-refractivity contribution in [3.05, 3.63) is 54.1 Å². The summed E-state index contributed by atoms with van der Waals surface area (Å²) in [5.74, 6) is 0.689. The van der Waals surface area contributed by atoms with Gasteiger partial charge in [0.25, 0.3) is 5.91 Å². The molecule has 27 heavy (non-hydrogen) atoms. The lowest BCUT2D eigenvalue weighted by atomic mass is 9.95. The molecule has 5 heteroatoms. The molecule has 0 saturated heterocycles. The number of nitrogens with one attached hydrogen (secondary N) is 2. The first-order valence-corrected chi connectivity index (χ1v) is 9.10. The Kier molecular flexibility index (Phi) is 6.61. The van der Waals surface area contributed by atoms with Gasteiger partial charge >= 0.3 is 0 Å². The van der Waals surface area contributed by atoms with Gasteiger partial charge in [-0.15, -0.1) is 0 Å². The molecule has 0 heterocycles. The Balaban J connectivity index is 1.97. The zero-order valence-electron chi connectivity index (χ0n) is 16.6. The van der Waals surface area contributed by atoms with E-state index in [-0.39, 0.29) is 18.4 Å². The van der Waals surface area contributed by atoms with Crippen molar-refractivity contribution in [1.29, 1.82) is 0 Å². The molecular formula is C22H28N2O3. The highest BCUT2D eigenvalue weighted by atomic mass is 16.5. The van der Waals surface area contributed by atoms with Crippen LogP contribution in [-0.4, -0.2) is 18.4 Å². The number of carbonyl (C=O) groups is 2. The minimum atomic E-state index is -0.489. The lowest BCUT2D eigenvalue weighted by molar-refractivity contribution is -0.123. The Bertz CT molecular complexity index is 807. The van der Waals surface area contributed by atoms with Gasteiger partial charge in [-0.2, -0.15) is 0 Å². The van der Waals surface area contributed by atoms with Crippen LogP contribution in [0.1, 0.15) is 46.1 Å². The zero-order valence-corrected chi connectivity index (χ0v) is 16.6. The van der Waals surface area contributed by atoms with Crippen molar-refractivity contribution < 1.29 is 14.3 Å². The molecule has 0 aliphatic heterocycles. The van der Waals surface area contributed by atoms with Gasteiger partial charge in [-0.3, -0.25) is 9.59 Å². The summed E-state index contributed by atoms with van der Waals surface area (Å²) in [4.78, 5) is 24.3. The molecule has 5 nitrogen and oxygen atoms in total. The molecule has 2 amide bonds. The van der Waals surface area contributed by atoms with E-state index in [0.717, 1.165) is 5.56 Å². The highest BCUT2D eigenvalue weighted by Crippen LogP contribution is 2.26. The standard InChI is InChI=1S/C22H28N2O3/c1-15(2)18-11-6-7-12-19(18)27-14-20(25)23-16-9-8-10-17(13-16)24-21(26)22(3,4)5/h6-13,15H,14H2,1-5H3,(H,23,25)(H,24,26). The number of benzene rings is 2. The van der Waals surface area contributed by atoms with Crippen molar-refractivity contribution in [2.75, 3.05) is 17.2 Å². The van der Waals surface area contributed by atoms with Crippen LogP contribution in [0.2, 0.25) is 0 Å². The molecule has 0 saturated carbocycles. The minimum absolute atomic E-state index is 0.0810. The number of rotatable bonds is 6. The van der Waals surface area contributed by atoms with Gasteiger partial charge in [-0.25, -0.2) is 0 Å². The van der Waals surface area contributed by atoms with Gasteiger partial charge in [0.2, 0.25) is 5.91 Å². The van der Waals surface area contributed by atoms with Crippen molar-refractivity contribution in [1.82, 2.24) is 0 Å². The molecule has 0 unspecified atom stereocenters. The van der Waals surface area contributed by atoms with Crippen molar-refractivity contribution in [3.8, 4) is 5.75 Å². The van der Waals surface area contributed by atoms with Gasteiger partial charge in [0.15, 0.2) is 6.61 Å². The Morgan fingerprint density at radius 2 is 1.59 bits per heavy atom. The summed E-state index contributed by atoms with van der Waals surface area (Å²) in [6, 6.07) is 14.8. The normalized spacial score (nSPS) is 11.2. The van der Waals surface area contributed by atoms with Gasteiger partial charge in [-0.05, 0) is 35.7 Å². The maximum Gasteiger partial charge on any atom is 0.262 e. The fourth-order valence-corrected chi connectivity index (χ4v) is 2.42. The third-order valence-electron chi connectivity index (χ3n) is 3.99. The topological polar surface area (TPSA) is 67.4 Å². The predicted molar refractivity (Wildman–Crippen MR) is 109 cm³/mol. The summed E-state index contributed by atoms with van der Waals surface area (Å²) in [6.45, 7) is 9.63. The Morgan fingerprint density at radius 3 is 2.22 bits per heavy atom. The van der Waals surface area contributed by atoms with E-state index in [1.54, 1.807) is 24.3 Å². The summed E-state index contributed by atoms with van der Waals surface area (Å²) in [5.41, 5.74) is 1.82. The van der Waals surface area contributed by atoms with Crippen LogP contribution < -0.4 is 15.4 Å². The SMILES string of the molecule is CC(C)c1ccccc1OCC(=O)Nc1cccc(NC(=O)C(C)(C)C)c1. The fourth-order valence-electron chi connectivity index (χ4n) is 2.42. The van der Waals surface area contributed by atoms with Gasteiger partial charge < -0.3 is 15.4 Å². The lowest BCUT2D eigenvalue weighted by Gasteiger charge is -2.18. The number of carbonyl (C=O) groups excluding carboxylic acids is 2. The second kappa shape index (κ2) is 8.71. The van der Waals surface area contributed by atoms with E-state index in [0.29, 0.717) is 23.0 Å². The maximum atomic E-state index is 12.2. The average molecular weight is 368 g/mol. The summed E-state index contributed by atoms with van der Waals surface area (Å²) in [7, 11) is 0. The van der Waals surface area contributed by atoms with Crippen molar-refractivity contribution in [2.45, 2.75) is 40.5 Å². The van der Waals surface area contributed by atoms with Crippen LogP contribution in [0.5, 0.6) is 5.75 Å². The molecule has 0 aliphatic carbocycles. The highest BCUT2D eigenvalue weighted by molar-refractivity contribution is 5.96. The second-order valence-electron chi connectivity index (χ2n) is 7.81. The quantitative estimate of drug-likeness (QED) is 0.769. The van der Waals surface area contributed by atoms with Crippen LogP contribution in [0.4, 0.5) is 11.4 Å². The second-order valence-corrected chi connectivity index (χ2v) is 7.81. The van der Waals surface area contributed by atoms with E-state index < -0.39 is 5.41 Å².